The van der Waals surface area contributed by atoms with E-state index in [-0.39, 0.29) is 6.04 Å². The second kappa shape index (κ2) is 10.6. The molecule has 2 heteroatoms. The summed E-state index contributed by atoms with van der Waals surface area (Å²) in [5.74, 6) is 0.521. The second-order valence-electron chi connectivity index (χ2n) is 9.56. The van der Waals surface area contributed by atoms with Crippen molar-refractivity contribution in [1.82, 2.24) is 4.90 Å². The highest BCUT2D eigenvalue weighted by Crippen LogP contribution is 2.33. The van der Waals surface area contributed by atoms with Crippen molar-refractivity contribution < 1.29 is 5.11 Å². The van der Waals surface area contributed by atoms with Crippen LogP contribution in [0.4, 0.5) is 0 Å². The van der Waals surface area contributed by atoms with Crippen LogP contribution in [0.25, 0.3) is 21.5 Å². The van der Waals surface area contributed by atoms with Crippen molar-refractivity contribution in [1.29, 1.82) is 0 Å². The molecule has 0 aromatic heterocycles. The van der Waals surface area contributed by atoms with Crippen molar-refractivity contribution in [3.05, 3.63) is 59.2 Å². The van der Waals surface area contributed by atoms with Crippen molar-refractivity contribution in [2.24, 2.45) is 0 Å². The van der Waals surface area contributed by atoms with Crippen LogP contribution in [0.1, 0.15) is 89.0 Å². The number of rotatable bonds is 10. The number of fused-ring (bicyclic) bond motifs is 3. The predicted octanol–water partition coefficient (Wildman–Crippen LogP) is 7.75. The van der Waals surface area contributed by atoms with Crippen LogP contribution in [0.3, 0.4) is 0 Å². The molecular formula is C29H41NO. The van der Waals surface area contributed by atoms with E-state index in [2.05, 4.69) is 88.9 Å². The van der Waals surface area contributed by atoms with E-state index in [0.717, 1.165) is 18.7 Å². The molecule has 0 aliphatic heterocycles. The highest BCUT2D eigenvalue weighted by atomic mass is 16.3. The van der Waals surface area contributed by atoms with E-state index in [1.165, 1.54) is 58.4 Å². The van der Waals surface area contributed by atoms with Gasteiger partial charge in [-0.15, -0.1) is 0 Å². The van der Waals surface area contributed by atoms with Gasteiger partial charge in [0.15, 0.2) is 0 Å². The number of hydrogen-bond acceptors (Lipinski definition) is 2. The molecule has 0 saturated heterocycles. The third-order valence-electron chi connectivity index (χ3n) is 6.84. The number of aryl methyl sites for hydroxylation is 1. The zero-order valence-corrected chi connectivity index (χ0v) is 20.4. The van der Waals surface area contributed by atoms with Crippen LogP contribution in [0.5, 0.6) is 0 Å². The molecule has 2 nitrogen and oxygen atoms in total. The van der Waals surface area contributed by atoms with E-state index >= 15 is 0 Å². The number of hydrogen-bond donors (Lipinski definition) is 1. The monoisotopic (exact) mass is 419 g/mol. The fourth-order valence-corrected chi connectivity index (χ4v) is 4.66. The molecule has 0 bridgehead atoms. The van der Waals surface area contributed by atoms with Gasteiger partial charge in [-0.3, -0.25) is 4.90 Å². The van der Waals surface area contributed by atoms with E-state index in [4.69, 9.17) is 0 Å². The van der Waals surface area contributed by atoms with Gasteiger partial charge in [-0.1, -0.05) is 76.9 Å². The van der Waals surface area contributed by atoms with Crippen LogP contribution in [0.15, 0.2) is 42.5 Å². The molecule has 0 saturated carbocycles. The van der Waals surface area contributed by atoms with Gasteiger partial charge in [-0.25, -0.2) is 0 Å². The Kier molecular flexibility index (Phi) is 8.13. The Morgan fingerprint density at radius 1 is 0.774 bits per heavy atom. The first-order chi connectivity index (χ1) is 14.9. The molecule has 0 aliphatic carbocycles. The normalized spacial score (nSPS) is 14.1. The Morgan fingerprint density at radius 3 is 2.03 bits per heavy atom. The molecule has 1 N–H and O–H groups in total. The molecular weight excluding hydrogens is 378 g/mol. The highest BCUT2D eigenvalue weighted by molar-refractivity contribution is 6.08. The number of nitrogens with zero attached hydrogens (tertiary/aromatic N) is 1. The van der Waals surface area contributed by atoms with Gasteiger partial charge in [0.25, 0.3) is 0 Å². The van der Waals surface area contributed by atoms with Crippen molar-refractivity contribution in [3.8, 4) is 0 Å². The van der Waals surface area contributed by atoms with Crippen LogP contribution in [-0.2, 0) is 0 Å². The van der Waals surface area contributed by atoms with Gasteiger partial charge in [0.1, 0.15) is 0 Å². The lowest BCUT2D eigenvalue weighted by Crippen LogP contribution is -2.39. The summed E-state index contributed by atoms with van der Waals surface area (Å²) < 4.78 is 0. The minimum absolute atomic E-state index is 0.109. The zero-order chi connectivity index (χ0) is 22.5. The maximum Gasteiger partial charge on any atom is 0.0942 e. The molecule has 0 radical (unpaired) electrons. The van der Waals surface area contributed by atoms with Crippen LogP contribution in [0.2, 0.25) is 0 Å². The van der Waals surface area contributed by atoms with Crippen LogP contribution >= 0.6 is 0 Å². The van der Waals surface area contributed by atoms with Gasteiger partial charge in [-0.2, -0.15) is 0 Å². The van der Waals surface area contributed by atoms with Crippen LogP contribution in [0, 0.1) is 6.92 Å². The molecule has 31 heavy (non-hydrogen) atoms. The van der Waals surface area contributed by atoms with Gasteiger partial charge in [0.05, 0.1) is 6.10 Å². The Bertz CT molecular complexity index is 998. The number of unbranched alkanes of at least 4 members (excludes halogenated alkanes) is 2. The fraction of sp³-hybridized carbons (Fsp3) is 0.517. The highest BCUT2D eigenvalue weighted by Gasteiger charge is 2.23. The largest absolute Gasteiger partial charge is 0.387 e. The SMILES string of the molecule is CCCCN(CCCC)C(C)C(O)c1cc(C)c2ccc3cc(C(C)C)ccc3c2c1. The number of benzene rings is 3. The Labute approximate surface area is 189 Å². The molecule has 0 heterocycles. The Morgan fingerprint density at radius 2 is 1.42 bits per heavy atom. The molecule has 168 valence electrons. The molecule has 2 atom stereocenters. The van der Waals surface area contributed by atoms with Crippen molar-refractivity contribution in [2.75, 3.05) is 13.1 Å². The predicted molar refractivity (Wildman–Crippen MR) is 136 cm³/mol. The topological polar surface area (TPSA) is 23.5 Å². The average molecular weight is 420 g/mol. The molecule has 2 unspecified atom stereocenters. The molecule has 0 fully saturated rings. The summed E-state index contributed by atoms with van der Waals surface area (Å²) in [7, 11) is 0. The quantitative estimate of drug-likeness (QED) is 0.340. The lowest BCUT2D eigenvalue weighted by molar-refractivity contribution is 0.0560. The summed E-state index contributed by atoms with van der Waals surface area (Å²) in [5.41, 5.74) is 3.65. The van der Waals surface area contributed by atoms with Crippen LogP contribution < -0.4 is 0 Å². The summed E-state index contributed by atoms with van der Waals surface area (Å²) in [6, 6.07) is 15.9. The Balaban J connectivity index is 2.01. The minimum atomic E-state index is -0.484. The van der Waals surface area contributed by atoms with Gasteiger partial charge in [-0.05, 0) is 90.0 Å². The smallest absolute Gasteiger partial charge is 0.0942 e. The van der Waals surface area contributed by atoms with Gasteiger partial charge < -0.3 is 5.11 Å². The molecule has 0 aliphatic rings. The number of aliphatic hydroxyl groups is 1. The van der Waals surface area contributed by atoms with E-state index in [0.29, 0.717) is 5.92 Å². The van der Waals surface area contributed by atoms with Crippen molar-refractivity contribution in [3.63, 3.8) is 0 Å². The molecule has 3 aromatic carbocycles. The third-order valence-corrected chi connectivity index (χ3v) is 6.84. The summed E-state index contributed by atoms with van der Waals surface area (Å²) in [4.78, 5) is 2.48. The molecule has 3 rings (SSSR count). The van der Waals surface area contributed by atoms with Gasteiger partial charge in [0, 0.05) is 6.04 Å². The summed E-state index contributed by atoms with van der Waals surface area (Å²) in [6.07, 6.45) is 4.25. The standard InChI is InChI=1S/C29H41NO/c1-7-9-15-30(16-10-8-2)22(6)29(31)25-17-21(5)26-13-12-24-18-23(20(3)4)11-14-27(24)28(26)19-25/h11-14,17-20,22,29,31H,7-10,15-16H2,1-6H3. The zero-order valence-electron chi connectivity index (χ0n) is 20.4. The van der Waals surface area contributed by atoms with Gasteiger partial charge in [0.2, 0.25) is 0 Å². The van der Waals surface area contributed by atoms with E-state index in [1.807, 2.05) is 0 Å². The van der Waals surface area contributed by atoms with E-state index in [9.17, 15) is 5.11 Å². The maximum absolute atomic E-state index is 11.4. The first kappa shape index (κ1) is 23.8. The third kappa shape index (κ3) is 5.30. The van der Waals surface area contributed by atoms with E-state index < -0.39 is 6.10 Å². The molecule has 0 amide bonds. The van der Waals surface area contributed by atoms with Crippen LogP contribution in [-0.4, -0.2) is 29.1 Å². The summed E-state index contributed by atoms with van der Waals surface area (Å²) in [5, 5.41) is 16.5. The maximum atomic E-state index is 11.4. The molecule has 0 spiro atoms. The van der Waals surface area contributed by atoms with Gasteiger partial charge >= 0.3 is 0 Å². The molecule has 3 aromatic rings. The lowest BCUT2D eigenvalue weighted by atomic mass is 9.91. The first-order valence-electron chi connectivity index (χ1n) is 12.3. The Hall–Kier alpha value is -1.90. The average Bonchev–Trinajstić information content (AvgIpc) is 2.77. The fourth-order valence-electron chi connectivity index (χ4n) is 4.66. The summed E-state index contributed by atoms with van der Waals surface area (Å²) >= 11 is 0. The lowest BCUT2D eigenvalue weighted by Gasteiger charge is -2.33. The first-order valence-corrected chi connectivity index (χ1v) is 12.3. The van der Waals surface area contributed by atoms with E-state index in [1.54, 1.807) is 0 Å². The number of aliphatic hydroxyl groups excluding tert-OH is 1. The van der Waals surface area contributed by atoms with Crippen molar-refractivity contribution >= 4 is 21.5 Å². The second-order valence-corrected chi connectivity index (χ2v) is 9.56. The minimum Gasteiger partial charge on any atom is -0.387 e. The summed E-state index contributed by atoms with van der Waals surface area (Å²) in [6.45, 7) is 15.4. The van der Waals surface area contributed by atoms with Crippen molar-refractivity contribution in [2.45, 2.75) is 85.3 Å².